The molecule has 106 valence electrons. The molecule has 2 N–H and O–H groups in total. The van der Waals surface area contributed by atoms with E-state index in [1.165, 1.54) is 7.11 Å². The molecule has 19 heavy (non-hydrogen) atoms. The van der Waals surface area contributed by atoms with Crippen LogP contribution in [0.2, 0.25) is 0 Å². The Kier molecular flexibility index (Phi) is 6.15. The number of phenolic OH excluding ortho intramolecular Hbond substituents is 1. The van der Waals surface area contributed by atoms with E-state index in [-0.39, 0.29) is 11.7 Å². The zero-order valence-corrected chi connectivity index (χ0v) is 11.8. The second-order valence-corrected chi connectivity index (χ2v) is 4.39. The molecule has 5 nitrogen and oxygen atoms in total. The van der Waals surface area contributed by atoms with Crippen LogP contribution in [0.15, 0.2) is 18.2 Å². The van der Waals surface area contributed by atoms with Crippen LogP contribution >= 0.6 is 0 Å². The van der Waals surface area contributed by atoms with Crippen molar-refractivity contribution in [2.75, 3.05) is 27.2 Å². The topological polar surface area (TPSA) is 61.8 Å². The van der Waals surface area contributed by atoms with Crippen molar-refractivity contribution in [2.45, 2.75) is 19.9 Å². The maximum atomic E-state index is 11.4. The van der Waals surface area contributed by atoms with E-state index in [9.17, 15) is 9.90 Å². The first-order valence-electron chi connectivity index (χ1n) is 6.39. The van der Waals surface area contributed by atoms with Gasteiger partial charge in [-0.1, -0.05) is 13.0 Å². The van der Waals surface area contributed by atoms with Crippen molar-refractivity contribution in [1.29, 1.82) is 0 Å². The predicted octanol–water partition coefficient (Wildman–Crippen LogP) is 1.36. The number of nitrogens with zero attached hydrogens (tertiary/aromatic N) is 1. The van der Waals surface area contributed by atoms with Gasteiger partial charge in [-0.05, 0) is 30.7 Å². The van der Waals surface area contributed by atoms with Crippen molar-refractivity contribution in [1.82, 2.24) is 10.2 Å². The first-order chi connectivity index (χ1) is 9.10. The molecule has 0 spiro atoms. The number of carbonyl (C=O) groups excluding carboxylic acids is 1. The van der Waals surface area contributed by atoms with E-state index in [2.05, 4.69) is 17.1 Å². The molecule has 1 rings (SSSR count). The van der Waals surface area contributed by atoms with Gasteiger partial charge >= 0.3 is 0 Å². The molecule has 0 aliphatic rings. The fourth-order valence-electron chi connectivity index (χ4n) is 1.89. The molecule has 0 atom stereocenters. The van der Waals surface area contributed by atoms with Gasteiger partial charge in [0.05, 0.1) is 13.7 Å². The number of likely N-dealkylation sites (N-methyl/N-ethyl adjacent to an activating group) is 1. The van der Waals surface area contributed by atoms with Crippen molar-refractivity contribution in [2.24, 2.45) is 0 Å². The Morgan fingerprint density at radius 1 is 1.47 bits per heavy atom. The summed E-state index contributed by atoms with van der Waals surface area (Å²) in [4.78, 5) is 13.5. The van der Waals surface area contributed by atoms with Crippen LogP contribution in [-0.2, 0) is 11.3 Å². The predicted molar refractivity (Wildman–Crippen MR) is 74.3 cm³/mol. The molecule has 1 aromatic rings. The third-order valence-corrected chi connectivity index (χ3v) is 2.84. The average molecular weight is 266 g/mol. The summed E-state index contributed by atoms with van der Waals surface area (Å²) in [6.45, 7) is 3.94. The lowest BCUT2D eigenvalue weighted by Crippen LogP contribution is -2.35. The zero-order chi connectivity index (χ0) is 14.3. The second-order valence-electron chi connectivity index (χ2n) is 4.39. The van der Waals surface area contributed by atoms with Crippen LogP contribution in [0, 0.1) is 0 Å². The Hall–Kier alpha value is -1.75. The Balaban J connectivity index is 2.75. The zero-order valence-electron chi connectivity index (χ0n) is 11.8. The van der Waals surface area contributed by atoms with Gasteiger partial charge in [-0.25, -0.2) is 0 Å². The monoisotopic (exact) mass is 266 g/mol. The first kappa shape index (κ1) is 15.3. The summed E-state index contributed by atoms with van der Waals surface area (Å²) in [6.07, 6.45) is 0.978. The molecule has 0 bridgehead atoms. The summed E-state index contributed by atoms with van der Waals surface area (Å²) in [5, 5.41) is 12.2. The lowest BCUT2D eigenvalue weighted by molar-refractivity contribution is -0.121. The number of carbonyl (C=O) groups is 1. The number of rotatable bonds is 7. The highest BCUT2D eigenvalue weighted by Gasteiger charge is 2.11. The maximum Gasteiger partial charge on any atom is 0.233 e. The SMILES string of the molecule is CCCN(CC(=O)NC)Cc1ccc(O)c(OC)c1. The van der Waals surface area contributed by atoms with Gasteiger partial charge in [0.2, 0.25) is 5.91 Å². The van der Waals surface area contributed by atoms with Gasteiger partial charge in [-0.15, -0.1) is 0 Å². The maximum absolute atomic E-state index is 11.4. The Morgan fingerprint density at radius 2 is 2.21 bits per heavy atom. The second kappa shape index (κ2) is 7.63. The molecule has 0 heterocycles. The van der Waals surface area contributed by atoms with Crippen molar-refractivity contribution < 1.29 is 14.6 Å². The van der Waals surface area contributed by atoms with Crippen molar-refractivity contribution in [3.05, 3.63) is 23.8 Å². The summed E-state index contributed by atoms with van der Waals surface area (Å²) >= 11 is 0. The summed E-state index contributed by atoms with van der Waals surface area (Å²) in [6, 6.07) is 5.24. The number of methoxy groups -OCH3 is 1. The molecule has 0 fully saturated rings. The Morgan fingerprint density at radius 3 is 2.79 bits per heavy atom. The molecule has 5 heteroatoms. The number of aromatic hydroxyl groups is 1. The summed E-state index contributed by atoms with van der Waals surface area (Å²) in [7, 11) is 3.16. The van der Waals surface area contributed by atoms with Crippen molar-refractivity contribution in [3.63, 3.8) is 0 Å². The smallest absolute Gasteiger partial charge is 0.233 e. The Bertz CT molecular complexity index is 421. The first-order valence-corrected chi connectivity index (χ1v) is 6.39. The highest BCUT2D eigenvalue weighted by atomic mass is 16.5. The van der Waals surface area contributed by atoms with E-state index >= 15 is 0 Å². The molecule has 0 radical (unpaired) electrons. The van der Waals surface area contributed by atoms with Gasteiger partial charge in [0, 0.05) is 13.6 Å². The highest BCUT2D eigenvalue weighted by Crippen LogP contribution is 2.26. The highest BCUT2D eigenvalue weighted by molar-refractivity contribution is 5.77. The van der Waals surface area contributed by atoms with E-state index in [0.717, 1.165) is 18.5 Å². The normalized spacial score (nSPS) is 10.5. The number of phenols is 1. The molecule has 0 unspecified atom stereocenters. The fraction of sp³-hybridized carbons (Fsp3) is 0.500. The summed E-state index contributed by atoms with van der Waals surface area (Å²) in [5.74, 6) is 0.577. The molecule has 0 aromatic heterocycles. The van der Waals surface area contributed by atoms with E-state index in [1.54, 1.807) is 19.2 Å². The molecular formula is C14H22N2O3. The summed E-state index contributed by atoms with van der Waals surface area (Å²) in [5.41, 5.74) is 1.01. The van der Waals surface area contributed by atoms with Crippen LogP contribution in [0.1, 0.15) is 18.9 Å². The van der Waals surface area contributed by atoms with Crippen LogP contribution in [0.3, 0.4) is 0 Å². The fourth-order valence-corrected chi connectivity index (χ4v) is 1.89. The number of ether oxygens (including phenoxy) is 1. The van der Waals surface area contributed by atoms with Crippen LogP contribution in [0.4, 0.5) is 0 Å². The lowest BCUT2D eigenvalue weighted by atomic mass is 10.2. The minimum Gasteiger partial charge on any atom is -0.504 e. The molecule has 0 aliphatic carbocycles. The summed E-state index contributed by atoms with van der Waals surface area (Å²) < 4.78 is 5.08. The van der Waals surface area contributed by atoms with Gasteiger partial charge in [-0.2, -0.15) is 0 Å². The molecule has 1 aromatic carbocycles. The standard InChI is InChI=1S/C14H22N2O3/c1-4-7-16(10-14(18)15-2)9-11-5-6-12(17)13(8-11)19-3/h5-6,8,17H,4,7,9-10H2,1-3H3,(H,15,18). The number of hydrogen-bond donors (Lipinski definition) is 2. The minimum atomic E-state index is -0.000747. The number of nitrogens with one attached hydrogen (secondary N) is 1. The van der Waals surface area contributed by atoms with Gasteiger partial charge in [0.1, 0.15) is 0 Å². The van der Waals surface area contributed by atoms with Crippen LogP contribution in [0.25, 0.3) is 0 Å². The lowest BCUT2D eigenvalue weighted by Gasteiger charge is -2.21. The number of hydrogen-bond acceptors (Lipinski definition) is 4. The molecule has 0 saturated heterocycles. The molecular weight excluding hydrogens is 244 g/mol. The van der Waals surface area contributed by atoms with Gasteiger partial charge < -0.3 is 15.2 Å². The quantitative estimate of drug-likeness (QED) is 0.782. The van der Waals surface area contributed by atoms with E-state index < -0.39 is 0 Å². The largest absolute Gasteiger partial charge is 0.504 e. The van der Waals surface area contributed by atoms with E-state index in [0.29, 0.717) is 18.8 Å². The van der Waals surface area contributed by atoms with Crippen LogP contribution in [-0.4, -0.2) is 43.2 Å². The van der Waals surface area contributed by atoms with Crippen LogP contribution in [0.5, 0.6) is 11.5 Å². The third kappa shape index (κ3) is 4.79. The molecule has 1 amide bonds. The van der Waals surface area contributed by atoms with E-state index in [4.69, 9.17) is 4.74 Å². The van der Waals surface area contributed by atoms with Crippen LogP contribution < -0.4 is 10.1 Å². The molecule has 0 aliphatic heterocycles. The molecule has 0 saturated carbocycles. The minimum absolute atomic E-state index is 0.000747. The van der Waals surface area contributed by atoms with Crippen molar-refractivity contribution in [3.8, 4) is 11.5 Å². The average Bonchev–Trinajstić information content (AvgIpc) is 2.41. The van der Waals surface area contributed by atoms with Crippen molar-refractivity contribution >= 4 is 5.91 Å². The number of amides is 1. The number of benzene rings is 1. The Labute approximate surface area is 114 Å². The van der Waals surface area contributed by atoms with Gasteiger partial charge in [0.25, 0.3) is 0 Å². The van der Waals surface area contributed by atoms with Gasteiger partial charge in [-0.3, -0.25) is 9.69 Å². The third-order valence-electron chi connectivity index (χ3n) is 2.84. The van der Waals surface area contributed by atoms with E-state index in [1.807, 2.05) is 6.07 Å². The van der Waals surface area contributed by atoms with Gasteiger partial charge in [0.15, 0.2) is 11.5 Å².